The van der Waals surface area contributed by atoms with Crippen molar-refractivity contribution in [3.63, 3.8) is 0 Å². The maximum Gasteiger partial charge on any atom is 0.123 e. The second-order valence-corrected chi connectivity index (χ2v) is 6.60. The maximum absolute atomic E-state index is 5.78. The molecule has 2 nitrogen and oxygen atoms in total. The fourth-order valence-corrected chi connectivity index (χ4v) is 3.58. The van der Waals surface area contributed by atoms with Gasteiger partial charge in [-0.15, -0.1) is 11.3 Å². The quantitative estimate of drug-likeness (QED) is 0.804. The van der Waals surface area contributed by atoms with Crippen LogP contribution in [0.4, 0.5) is 0 Å². The van der Waals surface area contributed by atoms with Crippen LogP contribution >= 0.6 is 11.3 Å². The van der Waals surface area contributed by atoms with E-state index in [0.717, 1.165) is 24.5 Å². The molecule has 19 heavy (non-hydrogen) atoms. The largest absolute Gasteiger partial charge is 0.376 e. The molecule has 0 aliphatic carbocycles. The minimum Gasteiger partial charge on any atom is -0.376 e. The van der Waals surface area contributed by atoms with Gasteiger partial charge in [0.1, 0.15) is 5.01 Å². The van der Waals surface area contributed by atoms with Crippen LogP contribution in [0, 0.1) is 0 Å². The third kappa shape index (κ3) is 2.88. The van der Waals surface area contributed by atoms with Crippen LogP contribution in [0.5, 0.6) is 0 Å². The first-order valence-electron chi connectivity index (χ1n) is 6.79. The number of hydrogen-bond acceptors (Lipinski definition) is 3. The topological polar surface area (TPSA) is 22.1 Å². The van der Waals surface area contributed by atoms with Gasteiger partial charge in [0.25, 0.3) is 0 Å². The molecular formula is C16H19NOS. The lowest BCUT2D eigenvalue weighted by atomic mass is 9.87. The number of benzene rings is 1. The van der Waals surface area contributed by atoms with Crippen LogP contribution in [-0.4, -0.2) is 17.2 Å². The fourth-order valence-electron chi connectivity index (χ4n) is 2.67. The van der Waals surface area contributed by atoms with Gasteiger partial charge in [-0.2, -0.15) is 0 Å². The highest BCUT2D eigenvalue weighted by Crippen LogP contribution is 2.37. The molecule has 2 heterocycles. The van der Waals surface area contributed by atoms with E-state index in [1.807, 2.05) is 6.07 Å². The van der Waals surface area contributed by atoms with Crippen LogP contribution in [0.1, 0.15) is 38.3 Å². The van der Waals surface area contributed by atoms with Crippen molar-refractivity contribution in [1.29, 1.82) is 0 Å². The molecule has 1 aliphatic heterocycles. The zero-order valence-electron chi connectivity index (χ0n) is 11.4. The zero-order chi connectivity index (χ0) is 13.3. The number of rotatable bonds is 2. The van der Waals surface area contributed by atoms with Crippen molar-refractivity contribution in [2.75, 3.05) is 6.61 Å². The van der Waals surface area contributed by atoms with Crippen molar-refractivity contribution < 1.29 is 4.74 Å². The van der Waals surface area contributed by atoms with Crippen molar-refractivity contribution >= 4 is 11.3 Å². The van der Waals surface area contributed by atoms with Gasteiger partial charge in [0.05, 0.1) is 11.3 Å². The molecule has 1 aromatic carbocycles. The summed E-state index contributed by atoms with van der Waals surface area (Å²) in [5, 5.41) is 3.34. The molecule has 0 bridgehead atoms. The van der Waals surface area contributed by atoms with Crippen molar-refractivity contribution in [3.05, 3.63) is 41.4 Å². The minimum atomic E-state index is -0.0144. The van der Waals surface area contributed by atoms with Crippen LogP contribution in [-0.2, 0) is 4.74 Å². The number of hydrogen-bond donors (Lipinski definition) is 0. The van der Waals surface area contributed by atoms with Crippen molar-refractivity contribution in [3.8, 4) is 10.6 Å². The Bertz CT molecular complexity index is 547. The van der Waals surface area contributed by atoms with E-state index in [1.54, 1.807) is 11.3 Å². The van der Waals surface area contributed by atoms with E-state index in [9.17, 15) is 0 Å². The zero-order valence-corrected chi connectivity index (χ0v) is 12.2. The summed E-state index contributed by atoms with van der Waals surface area (Å²) in [6, 6.07) is 10.4. The lowest BCUT2D eigenvalue weighted by molar-refractivity contribution is -0.0597. The van der Waals surface area contributed by atoms with Crippen molar-refractivity contribution in [1.82, 2.24) is 4.98 Å². The molecule has 0 saturated carbocycles. The summed E-state index contributed by atoms with van der Waals surface area (Å²) in [4.78, 5) is 4.83. The average Bonchev–Trinajstić information content (AvgIpc) is 2.88. The maximum atomic E-state index is 5.78. The molecule has 1 saturated heterocycles. The van der Waals surface area contributed by atoms with Gasteiger partial charge in [-0.25, -0.2) is 4.98 Å². The highest BCUT2D eigenvalue weighted by molar-refractivity contribution is 7.13. The predicted molar refractivity (Wildman–Crippen MR) is 79.6 cm³/mol. The average molecular weight is 273 g/mol. The Morgan fingerprint density at radius 2 is 2.05 bits per heavy atom. The van der Waals surface area contributed by atoms with Crippen LogP contribution in [0.2, 0.25) is 0 Å². The second-order valence-electron chi connectivity index (χ2n) is 5.74. The summed E-state index contributed by atoms with van der Waals surface area (Å²) < 4.78 is 5.78. The highest BCUT2D eigenvalue weighted by Gasteiger charge is 2.30. The van der Waals surface area contributed by atoms with E-state index in [-0.39, 0.29) is 5.60 Å². The van der Waals surface area contributed by atoms with Gasteiger partial charge in [-0.3, -0.25) is 0 Å². The summed E-state index contributed by atoms with van der Waals surface area (Å²) >= 11 is 1.74. The standard InChI is InChI=1S/C16H19NOS/c1-16(2)10-13(8-9-18-16)14-11-19-15(17-14)12-6-4-3-5-7-12/h3-7,11,13H,8-10H2,1-2H3/t13-/m0/s1. The fraction of sp³-hybridized carbons (Fsp3) is 0.438. The predicted octanol–water partition coefficient (Wildman–Crippen LogP) is 4.48. The minimum absolute atomic E-state index is 0.0144. The van der Waals surface area contributed by atoms with E-state index in [2.05, 4.69) is 43.5 Å². The Labute approximate surface area is 118 Å². The number of aromatic nitrogens is 1. The van der Waals surface area contributed by atoms with E-state index in [1.165, 1.54) is 11.3 Å². The lowest BCUT2D eigenvalue weighted by Crippen LogP contribution is -2.33. The van der Waals surface area contributed by atoms with Gasteiger partial charge in [0.15, 0.2) is 0 Å². The van der Waals surface area contributed by atoms with Gasteiger partial charge in [-0.05, 0) is 26.7 Å². The monoisotopic (exact) mass is 273 g/mol. The number of thiazole rings is 1. The summed E-state index contributed by atoms with van der Waals surface area (Å²) in [5.74, 6) is 0.539. The van der Waals surface area contributed by atoms with Gasteiger partial charge < -0.3 is 4.74 Å². The molecule has 1 aliphatic rings. The molecule has 0 N–H and O–H groups in total. The number of ether oxygens (including phenoxy) is 1. The Balaban J connectivity index is 1.82. The summed E-state index contributed by atoms with van der Waals surface area (Å²) in [5.41, 5.74) is 2.43. The molecule has 2 aromatic rings. The van der Waals surface area contributed by atoms with Crippen molar-refractivity contribution in [2.45, 2.75) is 38.2 Å². The Hall–Kier alpha value is -1.19. The normalized spacial score (nSPS) is 22.3. The van der Waals surface area contributed by atoms with Gasteiger partial charge in [0.2, 0.25) is 0 Å². The molecule has 1 atom stereocenters. The molecule has 3 heteroatoms. The van der Waals surface area contributed by atoms with Crippen LogP contribution in [0.15, 0.2) is 35.7 Å². The second kappa shape index (κ2) is 5.06. The van der Waals surface area contributed by atoms with E-state index < -0.39 is 0 Å². The van der Waals surface area contributed by atoms with Crippen LogP contribution in [0.25, 0.3) is 10.6 Å². The molecule has 1 fully saturated rings. The lowest BCUT2D eigenvalue weighted by Gasteiger charge is -2.34. The third-order valence-electron chi connectivity index (χ3n) is 3.66. The Morgan fingerprint density at radius 1 is 1.26 bits per heavy atom. The molecule has 0 unspecified atom stereocenters. The van der Waals surface area contributed by atoms with Gasteiger partial charge in [-0.1, -0.05) is 30.3 Å². The van der Waals surface area contributed by atoms with Crippen LogP contribution in [0.3, 0.4) is 0 Å². The molecule has 100 valence electrons. The molecule has 0 amide bonds. The first-order chi connectivity index (χ1) is 9.14. The van der Waals surface area contributed by atoms with Crippen molar-refractivity contribution in [2.24, 2.45) is 0 Å². The van der Waals surface area contributed by atoms with Gasteiger partial charge >= 0.3 is 0 Å². The molecule has 0 spiro atoms. The Morgan fingerprint density at radius 3 is 2.79 bits per heavy atom. The highest BCUT2D eigenvalue weighted by atomic mass is 32.1. The summed E-state index contributed by atoms with van der Waals surface area (Å²) in [7, 11) is 0. The summed E-state index contributed by atoms with van der Waals surface area (Å²) in [6.45, 7) is 5.18. The Kier molecular flexibility index (Phi) is 3.42. The first-order valence-corrected chi connectivity index (χ1v) is 7.67. The summed E-state index contributed by atoms with van der Waals surface area (Å²) in [6.07, 6.45) is 2.15. The SMILES string of the molecule is CC1(C)C[C@@H](c2csc(-c3ccccc3)n2)CCO1. The molecule has 1 aromatic heterocycles. The van der Waals surface area contributed by atoms with Crippen LogP contribution < -0.4 is 0 Å². The molecule has 3 rings (SSSR count). The first kappa shape index (κ1) is 12.8. The molecular weight excluding hydrogens is 254 g/mol. The van der Waals surface area contributed by atoms with E-state index in [4.69, 9.17) is 9.72 Å². The molecule has 0 radical (unpaired) electrons. The smallest absolute Gasteiger partial charge is 0.123 e. The number of nitrogens with zero attached hydrogens (tertiary/aromatic N) is 1. The van der Waals surface area contributed by atoms with E-state index in [0.29, 0.717) is 5.92 Å². The van der Waals surface area contributed by atoms with E-state index >= 15 is 0 Å². The van der Waals surface area contributed by atoms with Gasteiger partial charge in [0, 0.05) is 23.5 Å². The third-order valence-corrected chi connectivity index (χ3v) is 4.57.